The number of β-lactam (4-membered cyclic amide) rings is 1. The summed E-state index contributed by atoms with van der Waals surface area (Å²) >= 11 is 1.16. The number of rotatable bonds is 10. The molecule has 1 aromatic carbocycles. The lowest BCUT2D eigenvalue weighted by molar-refractivity contribution is -0.174. The molecule has 0 spiro atoms. The molecule has 1 aromatic rings. The molecule has 0 radical (unpaired) electrons. The highest BCUT2D eigenvalue weighted by Crippen LogP contribution is 2.42. The van der Waals surface area contributed by atoms with Crippen LogP contribution in [-0.2, 0) is 23.5 Å². The number of thioether (sulfide) groups is 1. The summed E-state index contributed by atoms with van der Waals surface area (Å²) in [6.45, 7) is 17.9. The molecule has 6 nitrogen and oxygen atoms in total. The minimum atomic E-state index is -2.13. The van der Waals surface area contributed by atoms with Crippen LogP contribution in [0.2, 0.25) is 18.1 Å². The van der Waals surface area contributed by atoms with E-state index in [0.717, 1.165) is 16.7 Å². The Morgan fingerprint density at radius 1 is 1.21 bits per heavy atom. The lowest BCUT2D eigenvalue weighted by Gasteiger charge is -2.52. The first-order valence-corrected chi connectivity index (χ1v) is 15.0. The zero-order valence-corrected chi connectivity index (χ0v) is 22.6. The Labute approximate surface area is 203 Å². The molecule has 1 aliphatic rings. The van der Waals surface area contributed by atoms with Gasteiger partial charge in [-0.3, -0.25) is 14.4 Å². The number of esters is 1. The van der Waals surface area contributed by atoms with E-state index in [0.29, 0.717) is 0 Å². The smallest absolute Gasteiger partial charge is 0.325 e. The van der Waals surface area contributed by atoms with Gasteiger partial charge in [0.25, 0.3) is 0 Å². The van der Waals surface area contributed by atoms with Gasteiger partial charge in [0.1, 0.15) is 13.2 Å². The number of carbonyl (C=O) groups excluding carboxylic acids is 3. The third-order valence-electron chi connectivity index (χ3n) is 6.60. The number of likely N-dealkylation sites (tertiary alicyclic amines) is 1. The van der Waals surface area contributed by atoms with E-state index < -0.39 is 32.2 Å². The monoisotopic (exact) mass is 491 g/mol. The average Bonchev–Trinajstić information content (AvgIpc) is 2.72. The van der Waals surface area contributed by atoms with Crippen LogP contribution in [0, 0.1) is 11.8 Å². The first kappa shape index (κ1) is 27.3. The zero-order chi connectivity index (χ0) is 25.0. The maximum absolute atomic E-state index is 13.2. The molecule has 0 bridgehead atoms. The molecule has 33 heavy (non-hydrogen) atoms. The predicted molar refractivity (Wildman–Crippen MR) is 134 cm³/mol. The summed E-state index contributed by atoms with van der Waals surface area (Å²) in [5, 5.41) is -0.0600. The van der Waals surface area contributed by atoms with Gasteiger partial charge in [0.2, 0.25) is 5.91 Å². The summed E-state index contributed by atoms with van der Waals surface area (Å²) in [7, 11) is -2.13. The Bertz CT molecular complexity index is 867. The molecular weight excluding hydrogens is 454 g/mol. The van der Waals surface area contributed by atoms with Crippen LogP contribution in [0.1, 0.15) is 34.6 Å². The molecule has 0 aliphatic carbocycles. The Morgan fingerprint density at radius 3 is 2.36 bits per heavy atom. The minimum Gasteiger partial charge on any atom is -0.460 e. The van der Waals surface area contributed by atoms with E-state index in [1.165, 1.54) is 11.0 Å². The molecule has 0 aromatic heterocycles. The Kier molecular flexibility index (Phi) is 9.13. The van der Waals surface area contributed by atoms with Crippen molar-refractivity contribution in [2.45, 2.75) is 69.8 Å². The number of ether oxygens (including phenoxy) is 1. The molecule has 0 saturated carbocycles. The van der Waals surface area contributed by atoms with Crippen molar-refractivity contribution in [1.82, 2.24) is 4.90 Å². The van der Waals surface area contributed by atoms with E-state index >= 15 is 0 Å². The van der Waals surface area contributed by atoms with Gasteiger partial charge < -0.3 is 14.1 Å². The number of nitrogens with zero attached hydrogens (tertiary/aromatic N) is 1. The molecule has 2 rings (SSSR count). The fourth-order valence-electron chi connectivity index (χ4n) is 3.73. The van der Waals surface area contributed by atoms with Gasteiger partial charge in [-0.15, -0.1) is 0 Å². The number of carbonyl (C=O) groups is 3. The highest BCUT2D eigenvalue weighted by Gasteiger charge is 2.55. The lowest BCUT2D eigenvalue weighted by atomic mass is 9.77. The van der Waals surface area contributed by atoms with Crippen molar-refractivity contribution in [2.75, 3.05) is 13.2 Å². The van der Waals surface area contributed by atoms with Gasteiger partial charge in [0.05, 0.1) is 18.1 Å². The second-order valence-electron chi connectivity index (χ2n) is 10.1. The summed E-state index contributed by atoms with van der Waals surface area (Å²) < 4.78 is 11.6. The highest BCUT2D eigenvalue weighted by atomic mass is 32.2. The Balaban J connectivity index is 2.24. The van der Waals surface area contributed by atoms with Crippen LogP contribution in [0.5, 0.6) is 0 Å². The van der Waals surface area contributed by atoms with Crippen LogP contribution in [0.4, 0.5) is 0 Å². The fourth-order valence-corrected chi connectivity index (χ4v) is 6.01. The Hall–Kier alpha value is -1.90. The minimum absolute atomic E-state index is 0.0116. The summed E-state index contributed by atoms with van der Waals surface area (Å²) in [6.07, 6.45) is 1.12. The summed E-state index contributed by atoms with van der Waals surface area (Å²) in [4.78, 5) is 40.8. The summed E-state index contributed by atoms with van der Waals surface area (Å²) in [5.74, 6) is -1.65. The molecule has 0 unspecified atom stereocenters. The fraction of sp³-hybridized carbons (Fsp3) is 0.560. The predicted octanol–water partition coefficient (Wildman–Crippen LogP) is 4.91. The number of amides is 1. The SMILES string of the molecule is C=CCOC(=O)CN1C(=O)[C@H]([C@@H](C)O[Si](C)(C)C(C)(C)C)[C@H]1[C@@H](C)C(=O)Sc1ccccc1. The average molecular weight is 492 g/mol. The van der Waals surface area contributed by atoms with Crippen molar-refractivity contribution < 1.29 is 23.5 Å². The van der Waals surface area contributed by atoms with Crippen molar-refractivity contribution in [1.29, 1.82) is 0 Å². The molecular formula is C25H37NO5SSi. The van der Waals surface area contributed by atoms with Gasteiger partial charge >= 0.3 is 5.97 Å². The van der Waals surface area contributed by atoms with E-state index in [9.17, 15) is 14.4 Å². The Morgan fingerprint density at radius 2 is 1.82 bits per heavy atom. The van der Waals surface area contributed by atoms with Crippen molar-refractivity contribution in [2.24, 2.45) is 11.8 Å². The van der Waals surface area contributed by atoms with Crippen molar-refractivity contribution >= 4 is 37.1 Å². The van der Waals surface area contributed by atoms with Crippen molar-refractivity contribution in [3.8, 4) is 0 Å². The molecule has 1 aliphatic heterocycles. The standard InChI is InChI=1S/C25H37NO5SSi/c1-9-15-30-20(27)16-26-22(17(2)24(29)32-19-13-11-10-12-14-19)21(23(26)28)18(3)31-33(7,8)25(4,5)6/h9-14,17-18,21-22H,1,15-16H2,2-8H3/t17-,18-,21-,22-/m1/s1. The second kappa shape index (κ2) is 11.0. The molecule has 4 atom stereocenters. The molecule has 8 heteroatoms. The largest absolute Gasteiger partial charge is 0.460 e. The van der Waals surface area contributed by atoms with Gasteiger partial charge in [-0.2, -0.15) is 0 Å². The zero-order valence-electron chi connectivity index (χ0n) is 20.8. The number of hydrogen-bond donors (Lipinski definition) is 0. The van der Waals surface area contributed by atoms with Crippen LogP contribution in [-0.4, -0.2) is 55.5 Å². The molecule has 1 saturated heterocycles. The third-order valence-corrected chi connectivity index (χ3v) is 12.3. The van der Waals surface area contributed by atoms with Crippen LogP contribution < -0.4 is 0 Å². The van der Waals surface area contributed by atoms with E-state index in [4.69, 9.17) is 9.16 Å². The van der Waals surface area contributed by atoms with Gasteiger partial charge in [-0.25, -0.2) is 0 Å². The van der Waals surface area contributed by atoms with Crippen molar-refractivity contribution in [3.63, 3.8) is 0 Å². The normalized spacial score (nSPS) is 20.6. The highest BCUT2D eigenvalue weighted by molar-refractivity contribution is 8.13. The van der Waals surface area contributed by atoms with E-state index in [-0.39, 0.29) is 35.3 Å². The molecule has 1 fully saturated rings. The first-order valence-electron chi connectivity index (χ1n) is 11.3. The molecule has 182 valence electrons. The number of benzene rings is 1. The summed E-state index contributed by atoms with van der Waals surface area (Å²) in [5.41, 5.74) is 0. The molecule has 0 N–H and O–H groups in total. The maximum Gasteiger partial charge on any atom is 0.325 e. The maximum atomic E-state index is 13.2. The topological polar surface area (TPSA) is 72.9 Å². The van der Waals surface area contributed by atoms with Gasteiger partial charge in [-0.1, -0.05) is 70.3 Å². The van der Waals surface area contributed by atoms with E-state index in [2.05, 4.69) is 40.4 Å². The van der Waals surface area contributed by atoms with Crippen LogP contribution in [0.15, 0.2) is 47.9 Å². The lowest BCUT2D eigenvalue weighted by Crippen LogP contribution is -2.69. The van der Waals surface area contributed by atoms with E-state index in [1.54, 1.807) is 0 Å². The second-order valence-corrected chi connectivity index (χ2v) is 15.9. The van der Waals surface area contributed by atoms with Gasteiger partial charge in [0.15, 0.2) is 13.4 Å². The molecule has 1 amide bonds. The van der Waals surface area contributed by atoms with Gasteiger partial charge in [0, 0.05) is 10.8 Å². The van der Waals surface area contributed by atoms with Crippen LogP contribution in [0.25, 0.3) is 0 Å². The first-order chi connectivity index (χ1) is 15.3. The van der Waals surface area contributed by atoms with Crippen molar-refractivity contribution in [3.05, 3.63) is 43.0 Å². The molecule has 1 heterocycles. The quantitative estimate of drug-likeness (QED) is 0.152. The van der Waals surface area contributed by atoms with E-state index in [1.807, 2.05) is 44.2 Å². The van der Waals surface area contributed by atoms with Gasteiger partial charge in [-0.05, 0) is 37.2 Å². The third kappa shape index (κ3) is 6.58. The summed E-state index contributed by atoms with van der Waals surface area (Å²) in [6, 6.07) is 8.99. The van der Waals surface area contributed by atoms with Crippen LogP contribution in [0.3, 0.4) is 0 Å². The van der Waals surface area contributed by atoms with Crippen LogP contribution >= 0.6 is 11.8 Å². The number of hydrogen-bond acceptors (Lipinski definition) is 6.